The van der Waals surface area contributed by atoms with Gasteiger partial charge in [-0.05, 0) is 0 Å². The van der Waals surface area contributed by atoms with Crippen LogP contribution in [0.15, 0.2) is 22.9 Å². The summed E-state index contributed by atoms with van der Waals surface area (Å²) in [5.74, 6) is -0.213. The molecule has 0 radical (unpaired) electrons. The zero-order chi connectivity index (χ0) is 13.3. The third kappa shape index (κ3) is 2.57. The first-order valence-electron chi connectivity index (χ1n) is 4.86. The molecule has 0 atom stereocenters. The molecule has 0 saturated heterocycles. The molecule has 2 aromatic heterocycles. The van der Waals surface area contributed by atoms with Crippen LogP contribution in [0.5, 0.6) is 0 Å². The van der Waals surface area contributed by atoms with Crippen LogP contribution in [0.25, 0.3) is 0 Å². The second-order valence-electron chi connectivity index (χ2n) is 3.58. The van der Waals surface area contributed by atoms with Crippen LogP contribution in [-0.4, -0.2) is 28.7 Å². The van der Waals surface area contributed by atoms with Crippen molar-refractivity contribution in [3.63, 3.8) is 0 Å². The highest BCUT2D eigenvalue weighted by molar-refractivity contribution is 7.92. The quantitative estimate of drug-likeness (QED) is 0.842. The fraction of sp³-hybridized carbons (Fsp3) is 0.222. The molecule has 0 aromatic carbocycles. The molecule has 0 unspecified atom stereocenters. The predicted molar refractivity (Wildman–Crippen MR) is 66.1 cm³/mol. The highest BCUT2D eigenvalue weighted by Gasteiger charge is 2.19. The van der Waals surface area contributed by atoms with E-state index in [1.807, 2.05) is 0 Å². The highest BCUT2D eigenvalue weighted by atomic mass is 32.2. The summed E-state index contributed by atoms with van der Waals surface area (Å²) >= 11 is 1.05. The van der Waals surface area contributed by atoms with Crippen LogP contribution in [0.3, 0.4) is 0 Å². The van der Waals surface area contributed by atoms with Crippen molar-refractivity contribution in [2.45, 2.75) is 11.9 Å². The van der Waals surface area contributed by atoms with Crippen LogP contribution in [0.4, 0.5) is 5.13 Å². The van der Waals surface area contributed by atoms with Gasteiger partial charge in [-0.1, -0.05) is 0 Å². The number of carbonyl (C=O) groups is 1. The van der Waals surface area contributed by atoms with Crippen molar-refractivity contribution in [3.8, 4) is 0 Å². The van der Waals surface area contributed by atoms with E-state index in [0.29, 0.717) is 0 Å². The van der Waals surface area contributed by atoms with Crippen molar-refractivity contribution in [2.24, 2.45) is 7.05 Å². The van der Waals surface area contributed by atoms with Crippen LogP contribution >= 0.6 is 11.3 Å². The van der Waals surface area contributed by atoms with Gasteiger partial charge < -0.3 is 4.57 Å². The minimum Gasteiger partial charge on any atom is -0.339 e. The van der Waals surface area contributed by atoms with E-state index >= 15 is 0 Å². The van der Waals surface area contributed by atoms with Gasteiger partial charge in [-0.2, -0.15) is 8.42 Å². The largest absolute Gasteiger partial charge is 0.339 e. The standard InChI is InChI=1S/C9H10N4O3S2/c1-6(14)7-4-17-9(11-7)12-18(15,16)8-3-13(2)5-10-8/h3-5H,1-2H3,(H,11,12). The van der Waals surface area contributed by atoms with E-state index in [2.05, 4.69) is 14.7 Å². The summed E-state index contributed by atoms with van der Waals surface area (Å²) in [5.41, 5.74) is 0.235. The Morgan fingerprint density at radius 2 is 2.22 bits per heavy atom. The molecule has 2 heterocycles. The Kier molecular flexibility index (Phi) is 3.18. The van der Waals surface area contributed by atoms with Gasteiger partial charge in [-0.25, -0.2) is 9.97 Å². The number of thiazole rings is 1. The number of carbonyl (C=O) groups excluding carboxylic acids is 1. The van der Waals surface area contributed by atoms with Gasteiger partial charge in [0, 0.05) is 25.5 Å². The smallest absolute Gasteiger partial charge is 0.282 e. The van der Waals surface area contributed by atoms with Crippen LogP contribution in [0.2, 0.25) is 0 Å². The summed E-state index contributed by atoms with van der Waals surface area (Å²) in [6, 6.07) is 0. The molecule has 0 saturated carbocycles. The SMILES string of the molecule is CC(=O)c1csc(NS(=O)(=O)c2cn(C)cn2)n1. The summed E-state index contributed by atoms with van der Waals surface area (Å²) in [6.07, 6.45) is 2.76. The first-order valence-corrected chi connectivity index (χ1v) is 7.22. The van der Waals surface area contributed by atoms with E-state index in [9.17, 15) is 13.2 Å². The number of hydrogen-bond acceptors (Lipinski definition) is 6. The van der Waals surface area contributed by atoms with Gasteiger partial charge in [-0.15, -0.1) is 11.3 Å². The number of nitrogens with one attached hydrogen (secondary N) is 1. The zero-order valence-corrected chi connectivity index (χ0v) is 11.2. The number of nitrogens with zero attached hydrogens (tertiary/aromatic N) is 3. The Hall–Kier alpha value is -1.74. The van der Waals surface area contributed by atoms with Gasteiger partial charge in [-0.3, -0.25) is 9.52 Å². The van der Waals surface area contributed by atoms with Crippen molar-refractivity contribution in [1.29, 1.82) is 0 Å². The van der Waals surface area contributed by atoms with Crippen LogP contribution in [0.1, 0.15) is 17.4 Å². The number of aromatic nitrogens is 3. The van der Waals surface area contributed by atoms with Gasteiger partial charge in [0.05, 0.1) is 6.33 Å². The number of rotatable bonds is 4. The van der Waals surface area contributed by atoms with Gasteiger partial charge in [0.15, 0.2) is 15.9 Å². The molecule has 1 N–H and O–H groups in total. The average molecular weight is 286 g/mol. The van der Waals surface area contributed by atoms with E-state index in [1.165, 1.54) is 29.4 Å². The lowest BCUT2D eigenvalue weighted by molar-refractivity contribution is 0.101. The minimum atomic E-state index is -3.75. The molecule has 9 heteroatoms. The molecule has 0 spiro atoms. The Labute approximate surface area is 108 Å². The Morgan fingerprint density at radius 3 is 2.72 bits per heavy atom. The summed E-state index contributed by atoms with van der Waals surface area (Å²) in [7, 11) is -2.08. The van der Waals surface area contributed by atoms with Gasteiger partial charge in [0.2, 0.25) is 0 Å². The van der Waals surface area contributed by atoms with Crippen molar-refractivity contribution in [2.75, 3.05) is 4.72 Å². The third-order valence-corrected chi connectivity index (χ3v) is 4.15. The van der Waals surface area contributed by atoms with Crippen LogP contribution in [-0.2, 0) is 17.1 Å². The predicted octanol–water partition coefficient (Wildman–Crippen LogP) is 0.880. The second-order valence-corrected chi connectivity index (χ2v) is 6.06. The Morgan fingerprint density at radius 1 is 1.50 bits per heavy atom. The lowest BCUT2D eigenvalue weighted by Crippen LogP contribution is -2.13. The maximum atomic E-state index is 11.9. The molecule has 18 heavy (non-hydrogen) atoms. The molecule has 96 valence electrons. The van der Waals surface area contributed by atoms with Crippen molar-refractivity contribution >= 4 is 32.3 Å². The maximum absolute atomic E-state index is 11.9. The monoisotopic (exact) mass is 286 g/mol. The maximum Gasteiger partial charge on any atom is 0.282 e. The summed E-state index contributed by atoms with van der Waals surface area (Å²) in [5, 5.41) is 1.55. The number of imidazole rings is 1. The summed E-state index contributed by atoms with van der Waals surface area (Å²) < 4.78 is 27.6. The molecule has 0 fully saturated rings. The first kappa shape index (κ1) is 12.7. The molecule has 7 nitrogen and oxygen atoms in total. The number of aryl methyl sites for hydroxylation is 1. The van der Waals surface area contributed by atoms with Gasteiger partial charge in [0.1, 0.15) is 5.69 Å². The second kappa shape index (κ2) is 4.50. The number of ketones is 1. The lowest BCUT2D eigenvalue weighted by Gasteiger charge is -2.00. The minimum absolute atomic E-state index is 0.0930. The number of anilines is 1. The fourth-order valence-corrected chi connectivity index (χ4v) is 3.16. The average Bonchev–Trinajstić information content (AvgIpc) is 2.86. The molecular formula is C9H10N4O3S2. The molecule has 2 rings (SSSR count). The number of sulfonamides is 1. The molecule has 0 aliphatic heterocycles. The Balaban J connectivity index is 2.25. The number of Topliss-reactive ketones (excluding diaryl/α,β-unsaturated/α-hetero) is 1. The fourth-order valence-electron chi connectivity index (χ4n) is 1.18. The van der Waals surface area contributed by atoms with Gasteiger partial charge >= 0.3 is 0 Å². The normalized spacial score (nSPS) is 11.4. The van der Waals surface area contributed by atoms with Crippen molar-refractivity contribution in [3.05, 3.63) is 23.6 Å². The Bertz CT molecular complexity index is 686. The summed E-state index contributed by atoms with van der Waals surface area (Å²) in [6.45, 7) is 1.37. The van der Waals surface area contributed by atoms with Gasteiger partial charge in [0.25, 0.3) is 10.0 Å². The van der Waals surface area contributed by atoms with Crippen LogP contribution < -0.4 is 4.72 Å². The number of hydrogen-bond donors (Lipinski definition) is 1. The topological polar surface area (TPSA) is 94.0 Å². The first-order chi connectivity index (χ1) is 8.38. The molecular weight excluding hydrogens is 276 g/mol. The third-order valence-electron chi connectivity index (χ3n) is 2.04. The highest BCUT2D eigenvalue weighted by Crippen LogP contribution is 2.19. The van der Waals surface area contributed by atoms with E-state index in [4.69, 9.17) is 0 Å². The van der Waals surface area contributed by atoms with E-state index in [0.717, 1.165) is 11.3 Å². The van der Waals surface area contributed by atoms with E-state index in [1.54, 1.807) is 7.05 Å². The van der Waals surface area contributed by atoms with E-state index < -0.39 is 10.0 Å². The van der Waals surface area contributed by atoms with E-state index in [-0.39, 0.29) is 21.6 Å². The molecule has 0 aliphatic carbocycles. The van der Waals surface area contributed by atoms with Crippen molar-refractivity contribution < 1.29 is 13.2 Å². The molecule has 0 bridgehead atoms. The molecule has 2 aromatic rings. The molecule has 0 amide bonds. The summed E-state index contributed by atoms with van der Waals surface area (Å²) in [4.78, 5) is 18.7. The van der Waals surface area contributed by atoms with Crippen LogP contribution in [0, 0.1) is 0 Å². The van der Waals surface area contributed by atoms with Crippen molar-refractivity contribution in [1.82, 2.24) is 14.5 Å². The zero-order valence-electron chi connectivity index (χ0n) is 9.61. The lowest BCUT2D eigenvalue weighted by atomic mass is 10.4. The molecule has 0 aliphatic rings.